The van der Waals surface area contributed by atoms with Gasteiger partial charge in [0.1, 0.15) is 11.5 Å². The number of rotatable bonds is 4. The smallest absolute Gasteiger partial charge is 0.175 e. The van der Waals surface area contributed by atoms with Gasteiger partial charge in [0, 0.05) is 18.5 Å². The van der Waals surface area contributed by atoms with Crippen molar-refractivity contribution in [2.45, 2.75) is 10.8 Å². The second kappa shape index (κ2) is 5.59. The zero-order valence-electron chi connectivity index (χ0n) is 10.2. The van der Waals surface area contributed by atoms with Gasteiger partial charge in [0.2, 0.25) is 0 Å². The molecule has 0 aliphatic heterocycles. The van der Waals surface area contributed by atoms with E-state index >= 15 is 0 Å². The van der Waals surface area contributed by atoms with Crippen LogP contribution in [0.5, 0.6) is 11.5 Å². The molecule has 1 aromatic carbocycles. The van der Waals surface area contributed by atoms with Gasteiger partial charge in [-0.05, 0) is 30.3 Å². The molecule has 0 radical (unpaired) electrons. The number of nitrogens with zero attached hydrogens (tertiary/aromatic N) is 1. The van der Waals surface area contributed by atoms with Crippen LogP contribution in [0.25, 0.3) is 0 Å². The fourth-order valence-corrected chi connectivity index (χ4v) is 2.26. The van der Waals surface area contributed by atoms with Gasteiger partial charge in [-0.1, -0.05) is 0 Å². The summed E-state index contributed by atoms with van der Waals surface area (Å²) in [6, 6.07) is 9.68. The van der Waals surface area contributed by atoms with Crippen LogP contribution in [-0.2, 0) is 15.7 Å². The fraction of sp³-hybridized carbons (Fsp3) is 0.154. The van der Waals surface area contributed by atoms with Gasteiger partial charge in [0.25, 0.3) is 0 Å². The Labute approximate surface area is 116 Å². The van der Waals surface area contributed by atoms with Crippen LogP contribution in [0.1, 0.15) is 5.69 Å². The van der Waals surface area contributed by atoms with Gasteiger partial charge in [-0.2, -0.15) is 0 Å². The molecule has 0 saturated carbocycles. The summed E-state index contributed by atoms with van der Waals surface area (Å²) in [5.41, 5.74) is 0.715. The van der Waals surface area contributed by atoms with E-state index in [4.69, 9.17) is 16.3 Å². The Kier molecular flexibility index (Phi) is 4.07. The molecule has 0 amide bonds. The molecule has 1 heterocycles. The summed E-state index contributed by atoms with van der Waals surface area (Å²) in [6.45, 7) is 0. The highest BCUT2D eigenvalue weighted by Crippen LogP contribution is 2.23. The minimum Gasteiger partial charge on any atom is -0.457 e. The van der Waals surface area contributed by atoms with Crippen molar-refractivity contribution in [2.24, 2.45) is 0 Å². The lowest BCUT2D eigenvalue weighted by atomic mass is 10.3. The Morgan fingerprint density at radius 3 is 2.42 bits per heavy atom. The van der Waals surface area contributed by atoms with Crippen molar-refractivity contribution in [1.82, 2.24) is 4.98 Å². The van der Waals surface area contributed by atoms with E-state index in [1.165, 1.54) is 18.4 Å². The normalized spacial score (nSPS) is 11.3. The number of pyridine rings is 1. The molecular weight excluding hydrogens is 286 g/mol. The van der Waals surface area contributed by atoms with Crippen molar-refractivity contribution < 1.29 is 13.2 Å². The number of aromatic nitrogens is 1. The van der Waals surface area contributed by atoms with Crippen LogP contribution < -0.4 is 4.74 Å². The minimum absolute atomic E-state index is 0.260. The lowest BCUT2D eigenvalue weighted by Gasteiger charge is -2.07. The average molecular weight is 298 g/mol. The first-order valence-corrected chi connectivity index (χ1v) is 7.90. The van der Waals surface area contributed by atoms with Gasteiger partial charge in [0.05, 0.1) is 16.5 Å². The fourth-order valence-electron chi connectivity index (χ4n) is 1.48. The second-order valence-electron chi connectivity index (χ2n) is 3.96. The highest BCUT2D eigenvalue weighted by molar-refractivity contribution is 7.90. The zero-order chi connectivity index (χ0) is 13.9. The standard InChI is InChI=1S/C13H12ClNO3S/c1-19(16,17)13-4-2-11(3-5-13)18-12-6-7-15-10(8-12)9-14/h2-8H,9H2,1H3. The molecule has 0 bridgehead atoms. The van der Waals surface area contributed by atoms with E-state index < -0.39 is 9.84 Å². The van der Waals surface area contributed by atoms with E-state index in [-0.39, 0.29) is 4.90 Å². The van der Waals surface area contributed by atoms with Crippen LogP contribution in [-0.4, -0.2) is 19.7 Å². The molecule has 0 aliphatic rings. The molecule has 0 fully saturated rings. The topological polar surface area (TPSA) is 56.3 Å². The van der Waals surface area contributed by atoms with Gasteiger partial charge in [-0.25, -0.2) is 8.42 Å². The molecule has 6 heteroatoms. The monoisotopic (exact) mass is 297 g/mol. The third kappa shape index (κ3) is 3.68. The van der Waals surface area contributed by atoms with Gasteiger partial charge in [-0.15, -0.1) is 11.6 Å². The molecule has 0 N–H and O–H groups in total. The molecule has 100 valence electrons. The molecule has 0 unspecified atom stereocenters. The Balaban J connectivity index is 2.19. The van der Waals surface area contributed by atoms with Crippen LogP contribution >= 0.6 is 11.6 Å². The van der Waals surface area contributed by atoms with Crippen LogP contribution in [0.2, 0.25) is 0 Å². The predicted octanol–water partition coefficient (Wildman–Crippen LogP) is 3.02. The summed E-state index contributed by atoms with van der Waals surface area (Å²) < 4.78 is 28.2. The van der Waals surface area contributed by atoms with Crippen molar-refractivity contribution in [3.8, 4) is 11.5 Å². The van der Waals surface area contributed by atoms with E-state index in [0.717, 1.165) is 0 Å². The summed E-state index contributed by atoms with van der Waals surface area (Å²) in [5, 5.41) is 0. The van der Waals surface area contributed by atoms with Crippen molar-refractivity contribution in [1.29, 1.82) is 0 Å². The molecule has 1 aromatic heterocycles. The van der Waals surface area contributed by atoms with E-state index in [0.29, 0.717) is 23.1 Å². The maximum Gasteiger partial charge on any atom is 0.175 e. The first-order chi connectivity index (χ1) is 8.99. The molecular formula is C13H12ClNO3S. The zero-order valence-corrected chi connectivity index (χ0v) is 11.8. The van der Waals surface area contributed by atoms with E-state index in [2.05, 4.69) is 4.98 Å². The summed E-state index contributed by atoms with van der Waals surface area (Å²) in [7, 11) is -3.19. The number of halogens is 1. The Hall–Kier alpha value is -1.59. The average Bonchev–Trinajstić information content (AvgIpc) is 2.38. The van der Waals surface area contributed by atoms with Crippen LogP contribution in [0.4, 0.5) is 0 Å². The number of hydrogen-bond donors (Lipinski definition) is 0. The maximum atomic E-state index is 11.3. The number of sulfone groups is 1. The molecule has 2 rings (SSSR count). The van der Waals surface area contributed by atoms with E-state index in [9.17, 15) is 8.42 Å². The largest absolute Gasteiger partial charge is 0.457 e. The van der Waals surface area contributed by atoms with Crippen LogP contribution in [0, 0.1) is 0 Å². The lowest BCUT2D eigenvalue weighted by Crippen LogP contribution is -1.96. The van der Waals surface area contributed by atoms with Gasteiger partial charge in [-0.3, -0.25) is 4.98 Å². The summed E-state index contributed by atoms with van der Waals surface area (Å²) in [6.07, 6.45) is 2.77. The number of hydrogen-bond acceptors (Lipinski definition) is 4. The molecule has 0 atom stereocenters. The molecule has 2 aromatic rings. The minimum atomic E-state index is -3.19. The summed E-state index contributed by atoms with van der Waals surface area (Å²) in [5.74, 6) is 1.47. The molecule has 19 heavy (non-hydrogen) atoms. The first-order valence-electron chi connectivity index (χ1n) is 5.48. The number of benzene rings is 1. The number of ether oxygens (including phenoxy) is 1. The SMILES string of the molecule is CS(=O)(=O)c1ccc(Oc2ccnc(CCl)c2)cc1. The third-order valence-electron chi connectivity index (χ3n) is 2.41. The Morgan fingerprint density at radius 2 is 1.84 bits per heavy atom. The van der Waals surface area contributed by atoms with Gasteiger partial charge < -0.3 is 4.74 Å². The van der Waals surface area contributed by atoms with E-state index in [1.807, 2.05) is 0 Å². The van der Waals surface area contributed by atoms with Crippen LogP contribution in [0.15, 0.2) is 47.5 Å². The van der Waals surface area contributed by atoms with Crippen molar-refractivity contribution >= 4 is 21.4 Å². The van der Waals surface area contributed by atoms with Crippen LogP contribution in [0.3, 0.4) is 0 Å². The maximum absolute atomic E-state index is 11.3. The molecule has 4 nitrogen and oxygen atoms in total. The predicted molar refractivity (Wildman–Crippen MR) is 73.4 cm³/mol. The van der Waals surface area contributed by atoms with Gasteiger partial charge in [0.15, 0.2) is 9.84 Å². The van der Waals surface area contributed by atoms with E-state index in [1.54, 1.807) is 30.5 Å². The third-order valence-corrected chi connectivity index (χ3v) is 3.81. The molecule has 0 spiro atoms. The Morgan fingerprint density at radius 1 is 1.16 bits per heavy atom. The lowest BCUT2D eigenvalue weighted by molar-refractivity contribution is 0.481. The highest BCUT2D eigenvalue weighted by Gasteiger charge is 2.07. The molecule has 0 saturated heterocycles. The first kappa shape index (κ1) is 13.8. The highest BCUT2D eigenvalue weighted by atomic mass is 35.5. The summed E-state index contributed by atoms with van der Waals surface area (Å²) in [4.78, 5) is 4.31. The molecule has 0 aliphatic carbocycles. The quantitative estimate of drug-likeness (QED) is 0.814. The Bertz CT molecular complexity index is 669. The van der Waals surface area contributed by atoms with Crippen molar-refractivity contribution in [2.75, 3.05) is 6.26 Å². The second-order valence-corrected chi connectivity index (χ2v) is 6.25. The number of alkyl halides is 1. The van der Waals surface area contributed by atoms with Crippen molar-refractivity contribution in [3.05, 3.63) is 48.3 Å². The summed E-state index contributed by atoms with van der Waals surface area (Å²) >= 11 is 5.69. The van der Waals surface area contributed by atoms with Gasteiger partial charge >= 0.3 is 0 Å². The van der Waals surface area contributed by atoms with Crippen molar-refractivity contribution in [3.63, 3.8) is 0 Å².